The third-order valence-corrected chi connectivity index (χ3v) is 3.63. The standard InChI is InChI=1S/C16H18N6O3/c1-9-5-10(2)22-15(18-9)12(7-17-22)16(24)21(4)8-14(23)19-13-6-11(3)25-20-13/h5-7H,8H2,1-4H3,(H,19,20,23). The van der Waals surface area contributed by atoms with E-state index in [2.05, 4.69) is 20.6 Å². The van der Waals surface area contributed by atoms with Crippen molar-refractivity contribution in [2.75, 3.05) is 18.9 Å². The highest BCUT2D eigenvalue weighted by molar-refractivity contribution is 6.02. The fraction of sp³-hybridized carbons (Fsp3) is 0.312. The number of anilines is 1. The van der Waals surface area contributed by atoms with Gasteiger partial charge in [0.25, 0.3) is 5.91 Å². The number of nitrogens with zero attached hydrogens (tertiary/aromatic N) is 5. The first-order valence-corrected chi connectivity index (χ1v) is 7.66. The first-order valence-electron chi connectivity index (χ1n) is 7.66. The van der Waals surface area contributed by atoms with Crippen molar-refractivity contribution in [2.24, 2.45) is 0 Å². The van der Waals surface area contributed by atoms with Gasteiger partial charge in [-0.25, -0.2) is 9.50 Å². The van der Waals surface area contributed by atoms with Gasteiger partial charge < -0.3 is 14.7 Å². The van der Waals surface area contributed by atoms with Gasteiger partial charge in [0.1, 0.15) is 11.3 Å². The van der Waals surface area contributed by atoms with Crippen LogP contribution in [0.25, 0.3) is 5.65 Å². The molecule has 0 aliphatic carbocycles. The molecule has 0 spiro atoms. The second-order valence-electron chi connectivity index (χ2n) is 5.86. The van der Waals surface area contributed by atoms with Gasteiger partial charge in [-0.05, 0) is 26.8 Å². The molecule has 9 nitrogen and oxygen atoms in total. The fourth-order valence-corrected chi connectivity index (χ4v) is 2.52. The lowest BCUT2D eigenvalue weighted by Gasteiger charge is -2.15. The molecule has 0 saturated carbocycles. The van der Waals surface area contributed by atoms with Crippen LogP contribution in [0.3, 0.4) is 0 Å². The molecule has 0 atom stereocenters. The van der Waals surface area contributed by atoms with Crippen LogP contribution in [0.1, 0.15) is 27.5 Å². The Morgan fingerprint density at radius 1 is 1.28 bits per heavy atom. The van der Waals surface area contributed by atoms with Gasteiger partial charge in [0.15, 0.2) is 11.5 Å². The smallest absolute Gasteiger partial charge is 0.259 e. The molecule has 0 radical (unpaired) electrons. The topological polar surface area (TPSA) is 106 Å². The van der Waals surface area contributed by atoms with Gasteiger partial charge in [-0.1, -0.05) is 5.16 Å². The number of likely N-dealkylation sites (N-methyl/N-ethyl adjacent to an activating group) is 1. The number of aryl methyl sites for hydroxylation is 3. The summed E-state index contributed by atoms with van der Waals surface area (Å²) in [6.45, 7) is 5.33. The molecule has 25 heavy (non-hydrogen) atoms. The molecule has 2 amide bonds. The third-order valence-electron chi connectivity index (χ3n) is 3.63. The van der Waals surface area contributed by atoms with Gasteiger partial charge in [-0.2, -0.15) is 5.10 Å². The summed E-state index contributed by atoms with van der Waals surface area (Å²) in [5.41, 5.74) is 2.49. The van der Waals surface area contributed by atoms with Crippen LogP contribution >= 0.6 is 0 Å². The Labute approximate surface area is 143 Å². The summed E-state index contributed by atoms with van der Waals surface area (Å²) in [7, 11) is 1.54. The summed E-state index contributed by atoms with van der Waals surface area (Å²) in [6.07, 6.45) is 1.46. The molecule has 130 valence electrons. The minimum absolute atomic E-state index is 0.132. The molecular weight excluding hydrogens is 324 g/mol. The van der Waals surface area contributed by atoms with Crippen molar-refractivity contribution in [3.05, 3.63) is 41.0 Å². The third kappa shape index (κ3) is 3.35. The summed E-state index contributed by atoms with van der Waals surface area (Å²) < 4.78 is 6.49. The summed E-state index contributed by atoms with van der Waals surface area (Å²) in [5.74, 6) is 0.190. The Kier molecular flexibility index (Phi) is 4.22. The predicted molar refractivity (Wildman–Crippen MR) is 89.3 cm³/mol. The highest BCUT2D eigenvalue weighted by Crippen LogP contribution is 2.14. The summed E-state index contributed by atoms with van der Waals surface area (Å²) in [6, 6.07) is 3.48. The molecule has 3 aromatic rings. The van der Waals surface area contributed by atoms with Crippen molar-refractivity contribution in [1.29, 1.82) is 0 Å². The SMILES string of the molecule is Cc1cc(C)n2ncc(C(=O)N(C)CC(=O)Nc3cc(C)on3)c2n1. The van der Waals surface area contributed by atoms with Crippen LogP contribution < -0.4 is 5.32 Å². The normalized spacial score (nSPS) is 10.9. The van der Waals surface area contributed by atoms with Gasteiger partial charge in [-0.3, -0.25) is 9.59 Å². The van der Waals surface area contributed by atoms with Gasteiger partial charge in [0, 0.05) is 24.5 Å². The number of hydrogen-bond acceptors (Lipinski definition) is 6. The van der Waals surface area contributed by atoms with E-state index in [9.17, 15) is 9.59 Å². The van der Waals surface area contributed by atoms with Gasteiger partial charge >= 0.3 is 0 Å². The number of carbonyl (C=O) groups is 2. The zero-order chi connectivity index (χ0) is 18.1. The maximum atomic E-state index is 12.7. The molecule has 0 bridgehead atoms. The molecule has 0 fully saturated rings. The van der Waals surface area contributed by atoms with E-state index in [0.717, 1.165) is 11.4 Å². The first kappa shape index (κ1) is 16.6. The molecule has 1 N–H and O–H groups in total. The van der Waals surface area contributed by atoms with Crippen molar-refractivity contribution in [1.82, 2.24) is 24.7 Å². The maximum absolute atomic E-state index is 12.7. The van der Waals surface area contributed by atoms with Crippen molar-refractivity contribution < 1.29 is 14.1 Å². The number of rotatable bonds is 4. The van der Waals surface area contributed by atoms with Crippen LogP contribution in [0.2, 0.25) is 0 Å². The molecule has 3 aromatic heterocycles. The molecule has 0 saturated heterocycles. The zero-order valence-electron chi connectivity index (χ0n) is 14.4. The van der Waals surface area contributed by atoms with Gasteiger partial charge in [0.05, 0.1) is 12.7 Å². The molecule has 0 aliphatic heterocycles. The van der Waals surface area contributed by atoms with Gasteiger partial charge in [-0.15, -0.1) is 0 Å². The van der Waals surface area contributed by atoms with Crippen LogP contribution in [-0.4, -0.2) is 50.1 Å². The maximum Gasteiger partial charge on any atom is 0.259 e. The predicted octanol–water partition coefficient (Wildman–Crippen LogP) is 1.35. The Bertz CT molecular complexity index is 958. The van der Waals surface area contributed by atoms with Crippen molar-refractivity contribution in [3.63, 3.8) is 0 Å². The van der Waals surface area contributed by atoms with Gasteiger partial charge in [0.2, 0.25) is 5.91 Å². The van der Waals surface area contributed by atoms with E-state index < -0.39 is 0 Å². The number of aromatic nitrogens is 4. The lowest BCUT2D eigenvalue weighted by molar-refractivity contribution is -0.116. The molecule has 0 unspecified atom stereocenters. The fourth-order valence-electron chi connectivity index (χ4n) is 2.52. The minimum Gasteiger partial charge on any atom is -0.360 e. The molecule has 0 aromatic carbocycles. The molecule has 0 aliphatic rings. The van der Waals surface area contributed by atoms with E-state index in [1.165, 1.54) is 11.1 Å². The van der Waals surface area contributed by atoms with Crippen LogP contribution in [-0.2, 0) is 4.79 Å². The monoisotopic (exact) mass is 342 g/mol. The Morgan fingerprint density at radius 3 is 2.72 bits per heavy atom. The highest BCUT2D eigenvalue weighted by atomic mass is 16.5. The Balaban J connectivity index is 1.75. The Hall–Kier alpha value is -3.23. The number of nitrogens with one attached hydrogen (secondary N) is 1. The number of hydrogen-bond donors (Lipinski definition) is 1. The summed E-state index contributed by atoms with van der Waals surface area (Å²) in [5, 5.41) is 10.5. The number of fused-ring (bicyclic) bond motifs is 1. The van der Waals surface area contributed by atoms with Crippen LogP contribution in [0.5, 0.6) is 0 Å². The van der Waals surface area contributed by atoms with E-state index in [-0.39, 0.29) is 18.4 Å². The molecule has 3 rings (SSSR count). The average Bonchev–Trinajstić information content (AvgIpc) is 3.12. The minimum atomic E-state index is -0.374. The number of amides is 2. The lowest BCUT2D eigenvalue weighted by Crippen LogP contribution is -2.35. The quantitative estimate of drug-likeness (QED) is 0.767. The number of carbonyl (C=O) groups excluding carboxylic acids is 2. The summed E-state index contributed by atoms with van der Waals surface area (Å²) in [4.78, 5) is 30.4. The summed E-state index contributed by atoms with van der Waals surface area (Å²) >= 11 is 0. The van der Waals surface area contributed by atoms with E-state index in [0.29, 0.717) is 22.8 Å². The largest absolute Gasteiger partial charge is 0.360 e. The molecule has 9 heteroatoms. The van der Waals surface area contributed by atoms with Crippen LogP contribution in [0, 0.1) is 20.8 Å². The van der Waals surface area contributed by atoms with Crippen LogP contribution in [0.4, 0.5) is 5.82 Å². The van der Waals surface area contributed by atoms with E-state index in [4.69, 9.17) is 4.52 Å². The zero-order valence-corrected chi connectivity index (χ0v) is 14.4. The molecular formula is C16H18N6O3. The average molecular weight is 342 g/mol. The van der Waals surface area contributed by atoms with E-state index >= 15 is 0 Å². The van der Waals surface area contributed by atoms with E-state index in [1.807, 2.05) is 19.9 Å². The first-order chi connectivity index (χ1) is 11.8. The second kappa shape index (κ2) is 6.34. The lowest BCUT2D eigenvalue weighted by atomic mass is 10.2. The highest BCUT2D eigenvalue weighted by Gasteiger charge is 2.21. The van der Waals surface area contributed by atoms with Crippen molar-refractivity contribution >= 4 is 23.3 Å². The molecule has 3 heterocycles. The van der Waals surface area contributed by atoms with Crippen molar-refractivity contribution in [2.45, 2.75) is 20.8 Å². The van der Waals surface area contributed by atoms with Crippen LogP contribution in [0.15, 0.2) is 22.9 Å². The second-order valence-corrected chi connectivity index (χ2v) is 5.86. The van der Waals surface area contributed by atoms with E-state index in [1.54, 1.807) is 24.6 Å². The Morgan fingerprint density at radius 2 is 2.04 bits per heavy atom. The van der Waals surface area contributed by atoms with Crippen molar-refractivity contribution in [3.8, 4) is 0 Å².